The fourth-order valence-electron chi connectivity index (χ4n) is 7.87. The van der Waals surface area contributed by atoms with Crippen molar-refractivity contribution >= 4 is 19.7 Å². The van der Waals surface area contributed by atoms with Gasteiger partial charge in [-0.1, -0.05) is 84.9 Å². The average molecular weight is 861 g/mol. The molecule has 62 heavy (non-hydrogen) atoms. The fourth-order valence-corrected chi connectivity index (χ4v) is 9.64. The summed E-state index contributed by atoms with van der Waals surface area (Å²) in [6.07, 6.45) is -0.243. The van der Waals surface area contributed by atoms with Crippen LogP contribution in [0, 0.1) is 11.3 Å². The molecule has 7 rings (SSSR count). The van der Waals surface area contributed by atoms with E-state index in [-0.39, 0.29) is 49.4 Å². The number of hydrogen-bond acceptors (Lipinski definition) is 12. The van der Waals surface area contributed by atoms with Crippen molar-refractivity contribution in [2.24, 2.45) is 0 Å². The Balaban J connectivity index is 1.38. The van der Waals surface area contributed by atoms with Gasteiger partial charge in [0.2, 0.25) is 0 Å². The molecule has 2 aromatic heterocycles. The molecule has 0 saturated carbocycles. The van der Waals surface area contributed by atoms with Crippen LogP contribution in [0.5, 0.6) is 11.5 Å². The molecule has 3 unspecified atom stereocenters. The average Bonchev–Trinajstić information content (AvgIpc) is 3.88. The number of benzene rings is 4. The standard InChI is InChI=1S/C47H53N6O8P/c1-32(2)53(33(3)4)62(59-27-13-26-48)61-42-40(60-46(43(42)57-28-34-14-9-7-10-15-34)52-31-51-41-44(52)49-30-50-45(41)54)29-58-47(35-16-11-8-12-17-35,36-18-22-38(55-5)23-19-36)37-20-24-39(56-6)25-21-37/h7-12,14-25,30-33,40,42-43,46H,13,27-29H2,1-6H3,(H,49,50,54)/t40-,42?,43?,46-,62?/m1/s1. The minimum atomic E-state index is -1.80. The summed E-state index contributed by atoms with van der Waals surface area (Å²) in [5, 5.41) is 9.53. The van der Waals surface area contributed by atoms with Crippen LogP contribution >= 0.6 is 8.53 Å². The Labute approximate surface area is 363 Å². The van der Waals surface area contributed by atoms with Crippen LogP contribution < -0.4 is 15.0 Å². The van der Waals surface area contributed by atoms with Crippen molar-refractivity contribution in [2.45, 2.75) is 82.9 Å². The Morgan fingerprint density at radius 1 is 0.839 bits per heavy atom. The number of hydrogen-bond donors (Lipinski definition) is 1. The van der Waals surface area contributed by atoms with Crippen molar-refractivity contribution in [1.29, 1.82) is 5.26 Å². The van der Waals surface area contributed by atoms with Gasteiger partial charge >= 0.3 is 0 Å². The highest BCUT2D eigenvalue weighted by atomic mass is 31.2. The Kier molecular flexibility index (Phi) is 14.8. The van der Waals surface area contributed by atoms with Crippen LogP contribution in [0.3, 0.4) is 0 Å². The zero-order valence-electron chi connectivity index (χ0n) is 35.8. The van der Waals surface area contributed by atoms with E-state index in [1.807, 2.05) is 109 Å². The number of nitriles is 1. The summed E-state index contributed by atoms with van der Waals surface area (Å²) in [5.74, 6) is 1.40. The third-order valence-electron chi connectivity index (χ3n) is 10.7. The van der Waals surface area contributed by atoms with Crippen molar-refractivity contribution in [2.75, 3.05) is 27.4 Å². The topological polar surface area (TPSA) is 155 Å². The van der Waals surface area contributed by atoms with Gasteiger partial charge in [-0.15, -0.1) is 0 Å². The summed E-state index contributed by atoms with van der Waals surface area (Å²) in [7, 11) is 1.47. The van der Waals surface area contributed by atoms with Gasteiger partial charge in [0.15, 0.2) is 17.4 Å². The molecule has 3 heterocycles. The van der Waals surface area contributed by atoms with E-state index in [9.17, 15) is 10.1 Å². The Bertz CT molecular complexity index is 2370. The van der Waals surface area contributed by atoms with E-state index in [1.165, 1.54) is 6.33 Å². The van der Waals surface area contributed by atoms with Crippen LogP contribution in [0.4, 0.5) is 0 Å². The molecule has 0 amide bonds. The number of rotatable bonds is 20. The first-order chi connectivity index (χ1) is 30.2. The van der Waals surface area contributed by atoms with E-state index in [0.717, 1.165) is 22.3 Å². The molecule has 1 fully saturated rings. The first-order valence-electron chi connectivity index (χ1n) is 20.6. The summed E-state index contributed by atoms with van der Waals surface area (Å²) >= 11 is 0. The van der Waals surface area contributed by atoms with Crippen LogP contribution in [0.25, 0.3) is 11.2 Å². The molecule has 14 nitrogen and oxygen atoms in total. The minimum Gasteiger partial charge on any atom is -0.497 e. The lowest BCUT2D eigenvalue weighted by molar-refractivity contribution is -0.0963. The van der Waals surface area contributed by atoms with Crippen molar-refractivity contribution < 1.29 is 32.7 Å². The normalized spacial score (nSPS) is 18.4. The number of fused-ring (bicyclic) bond motifs is 1. The molecular formula is C47H53N6O8P. The van der Waals surface area contributed by atoms with E-state index in [1.54, 1.807) is 25.1 Å². The second-order valence-corrected chi connectivity index (χ2v) is 16.7. The second-order valence-electron chi connectivity index (χ2n) is 15.3. The van der Waals surface area contributed by atoms with E-state index in [2.05, 4.69) is 53.4 Å². The molecule has 4 aromatic carbocycles. The molecule has 0 radical (unpaired) electrons. The summed E-state index contributed by atoms with van der Waals surface area (Å²) < 4.78 is 50.2. The first kappa shape index (κ1) is 44.6. The number of aromatic nitrogens is 4. The van der Waals surface area contributed by atoms with Crippen LogP contribution in [0.1, 0.15) is 62.6 Å². The SMILES string of the molecule is COc1ccc(C(OC[C@H]2O[C@@H](n3cnc4c(=O)[nH]cnc43)C(OCc3ccccc3)C2OP(OCCC#N)N(C(C)C)C(C)C)(c2ccccc2)c2ccc(OC)cc2)cc1. The maximum Gasteiger partial charge on any atom is 0.278 e. The van der Waals surface area contributed by atoms with Crippen LogP contribution in [0.15, 0.2) is 127 Å². The molecule has 6 aromatic rings. The number of methoxy groups -OCH3 is 2. The fraction of sp³-hybridized carbons (Fsp3) is 0.362. The molecule has 1 N–H and O–H groups in total. The van der Waals surface area contributed by atoms with Gasteiger partial charge in [-0.3, -0.25) is 9.36 Å². The summed E-state index contributed by atoms with van der Waals surface area (Å²) in [4.78, 5) is 24.5. The van der Waals surface area contributed by atoms with Gasteiger partial charge in [0, 0.05) is 12.1 Å². The molecule has 0 aliphatic carbocycles. The number of aromatic amines is 1. The Hall–Kier alpha value is -5.49. The van der Waals surface area contributed by atoms with Crippen LogP contribution in [-0.4, -0.2) is 82.0 Å². The van der Waals surface area contributed by atoms with Gasteiger partial charge in [0.25, 0.3) is 14.1 Å². The van der Waals surface area contributed by atoms with Gasteiger partial charge in [-0.2, -0.15) is 5.26 Å². The van der Waals surface area contributed by atoms with Gasteiger partial charge < -0.3 is 37.7 Å². The summed E-state index contributed by atoms with van der Waals surface area (Å²) in [6, 6.07) is 37.8. The van der Waals surface area contributed by atoms with Gasteiger partial charge in [-0.05, 0) is 74.2 Å². The molecule has 324 valence electrons. The number of nitrogens with one attached hydrogen (secondary N) is 1. The third kappa shape index (κ3) is 9.60. The Morgan fingerprint density at radius 3 is 2.02 bits per heavy atom. The molecule has 0 bridgehead atoms. The van der Waals surface area contributed by atoms with Gasteiger partial charge in [0.1, 0.15) is 35.4 Å². The lowest BCUT2D eigenvalue weighted by atomic mass is 9.80. The van der Waals surface area contributed by atoms with E-state index < -0.39 is 38.7 Å². The predicted octanol–water partition coefficient (Wildman–Crippen LogP) is 8.29. The van der Waals surface area contributed by atoms with E-state index in [0.29, 0.717) is 17.1 Å². The van der Waals surface area contributed by atoms with Crippen molar-refractivity contribution in [3.8, 4) is 17.6 Å². The van der Waals surface area contributed by atoms with Crippen molar-refractivity contribution in [3.63, 3.8) is 0 Å². The molecule has 0 spiro atoms. The van der Waals surface area contributed by atoms with E-state index in [4.69, 9.17) is 32.7 Å². The lowest BCUT2D eigenvalue weighted by Crippen LogP contribution is -2.43. The van der Waals surface area contributed by atoms with Gasteiger partial charge in [-0.25, -0.2) is 14.6 Å². The molecule has 1 aliphatic rings. The van der Waals surface area contributed by atoms with Crippen molar-refractivity contribution in [1.82, 2.24) is 24.2 Å². The molecule has 1 aliphatic heterocycles. The highest BCUT2D eigenvalue weighted by molar-refractivity contribution is 7.44. The van der Waals surface area contributed by atoms with Crippen LogP contribution in [0.2, 0.25) is 0 Å². The summed E-state index contributed by atoms with van der Waals surface area (Å²) in [6.45, 7) is 8.72. The van der Waals surface area contributed by atoms with E-state index >= 15 is 0 Å². The van der Waals surface area contributed by atoms with Gasteiger partial charge in [0.05, 0.1) is 59.2 Å². The lowest BCUT2D eigenvalue weighted by Gasteiger charge is -2.39. The number of imidazole rings is 1. The zero-order chi connectivity index (χ0) is 43.6. The van der Waals surface area contributed by atoms with Crippen molar-refractivity contribution in [3.05, 3.63) is 154 Å². The quantitative estimate of drug-likeness (QED) is 0.0446. The zero-order valence-corrected chi connectivity index (χ0v) is 36.7. The Morgan fingerprint density at radius 2 is 1.44 bits per heavy atom. The minimum absolute atomic E-state index is 0.00924. The number of ether oxygens (including phenoxy) is 5. The molecule has 1 saturated heterocycles. The molecular weight excluding hydrogens is 808 g/mol. The third-order valence-corrected chi connectivity index (χ3v) is 12.8. The smallest absolute Gasteiger partial charge is 0.278 e. The maximum atomic E-state index is 13.0. The predicted molar refractivity (Wildman–Crippen MR) is 235 cm³/mol. The summed E-state index contributed by atoms with van der Waals surface area (Å²) in [5.41, 5.74) is 2.41. The maximum absolute atomic E-state index is 13.0. The first-order valence-corrected chi connectivity index (χ1v) is 21.8. The monoisotopic (exact) mass is 860 g/mol. The van der Waals surface area contributed by atoms with Crippen LogP contribution in [-0.2, 0) is 35.5 Å². The largest absolute Gasteiger partial charge is 0.497 e. The molecule has 5 atom stereocenters. The number of H-pyrrole nitrogens is 1. The second kappa shape index (κ2) is 20.6. The highest BCUT2D eigenvalue weighted by Gasteiger charge is 2.52. The number of nitrogens with zero attached hydrogens (tertiary/aromatic N) is 5. The highest BCUT2D eigenvalue weighted by Crippen LogP contribution is 2.51. The molecule has 15 heteroatoms.